The lowest BCUT2D eigenvalue weighted by Crippen LogP contribution is -2.44. The maximum absolute atomic E-state index is 13.6. The molecule has 2 aliphatic heterocycles. The molecule has 41 heavy (non-hydrogen) atoms. The van der Waals surface area contributed by atoms with E-state index in [0.29, 0.717) is 17.8 Å². The van der Waals surface area contributed by atoms with Crippen molar-refractivity contribution in [2.75, 3.05) is 36.0 Å². The molecule has 12 heteroatoms. The summed E-state index contributed by atoms with van der Waals surface area (Å²) in [5.41, 5.74) is 2.19. The zero-order valence-electron chi connectivity index (χ0n) is 21.8. The number of hydrogen-bond donors (Lipinski definition) is 0. The van der Waals surface area contributed by atoms with Gasteiger partial charge in [-0.2, -0.15) is 13.2 Å². The van der Waals surface area contributed by atoms with Crippen molar-refractivity contribution in [3.05, 3.63) is 83.1 Å². The van der Waals surface area contributed by atoms with Crippen molar-refractivity contribution >= 4 is 40.8 Å². The Kier molecular flexibility index (Phi) is 8.16. The first-order valence-corrected chi connectivity index (χ1v) is 13.4. The first-order valence-electron chi connectivity index (χ1n) is 13.0. The van der Waals surface area contributed by atoms with Crippen LogP contribution in [0.3, 0.4) is 0 Å². The van der Waals surface area contributed by atoms with Crippen molar-refractivity contribution in [1.82, 2.24) is 9.88 Å². The molecule has 2 aliphatic rings. The Labute approximate surface area is 239 Å². The normalized spacial score (nSPS) is 16.3. The second-order valence-corrected chi connectivity index (χ2v) is 10.4. The average Bonchev–Trinajstić information content (AvgIpc) is 3.09. The molecule has 0 spiro atoms. The van der Waals surface area contributed by atoms with E-state index in [4.69, 9.17) is 11.6 Å². The van der Waals surface area contributed by atoms with Crippen LogP contribution in [0.1, 0.15) is 28.8 Å². The van der Waals surface area contributed by atoms with E-state index in [0.717, 1.165) is 37.7 Å². The number of para-hydroxylation sites is 1. The summed E-state index contributed by atoms with van der Waals surface area (Å²) in [7, 11) is 0. The Bertz CT molecular complexity index is 1450. The number of carbonyl (C=O) groups excluding carboxylic acids is 3. The van der Waals surface area contributed by atoms with Crippen molar-refractivity contribution in [2.24, 2.45) is 5.92 Å². The van der Waals surface area contributed by atoms with Gasteiger partial charge >= 0.3 is 12.1 Å². The number of esters is 1. The van der Waals surface area contributed by atoms with E-state index in [1.807, 2.05) is 24.3 Å². The lowest BCUT2D eigenvalue weighted by Gasteiger charge is -2.36. The van der Waals surface area contributed by atoms with Crippen molar-refractivity contribution in [3.8, 4) is 5.75 Å². The second-order valence-electron chi connectivity index (χ2n) is 9.96. The van der Waals surface area contributed by atoms with Gasteiger partial charge in [-0.25, -0.2) is 4.79 Å². The van der Waals surface area contributed by atoms with Gasteiger partial charge in [-0.15, -0.1) is 0 Å². The average molecular weight is 587 g/mol. The quantitative estimate of drug-likeness (QED) is 0.305. The maximum atomic E-state index is 13.6. The fourth-order valence-electron chi connectivity index (χ4n) is 5.17. The van der Waals surface area contributed by atoms with Gasteiger partial charge in [-0.1, -0.05) is 29.8 Å². The molecule has 2 aromatic carbocycles. The summed E-state index contributed by atoms with van der Waals surface area (Å²) in [5, 5.41) is -0.0232. The van der Waals surface area contributed by atoms with E-state index in [9.17, 15) is 27.6 Å². The van der Waals surface area contributed by atoms with E-state index in [1.54, 1.807) is 29.4 Å². The monoisotopic (exact) mass is 586 g/mol. The highest BCUT2D eigenvalue weighted by molar-refractivity contribution is 6.31. The van der Waals surface area contributed by atoms with Crippen LogP contribution >= 0.6 is 11.6 Å². The number of aromatic nitrogens is 1. The molecule has 214 valence electrons. The van der Waals surface area contributed by atoms with Gasteiger partial charge in [-0.3, -0.25) is 14.6 Å². The van der Waals surface area contributed by atoms with E-state index in [2.05, 4.69) is 14.6 Å². The number of piperidine rings is 1. The van der Waals surface area contributed by atoms with Crippen LogP contribution in [-0.4, -0.2) is 60.0 Å². The number of nitrogens with zero attached hydrogens (tertiary/aromatic N) is 4. The summed E-state index contributed by atoms with van der Waals surface area (Å²) in [6, 6.07) is 14.6. The van der Waals surface area contributed by atoms with Gasteiger partial charge in [0.25, 0.3) is 5.91 Å². The first-order chi connectivity index (χ1) is 19.6. The minimum absolute atomic E-state index is 0.0232. The molecule has 0 aliphatic carbocycles. The molecule has 1 fully saturated rings. The number of halogens is 4. The number of fused-ring (bicyclic) bond motifs is 1. The summed E-state index contributed by atoms with van der Waals surface area (Å²) in [5.74, 6) is -3.96. The van der Waals surface area contributed by atoms with E-state index in [-0.39, 0.29) is 35.5 Å². The van der Waals surface area contributed by atoms with E-state index >= 15 is 0 Å². The molecule has 8 nitrogen and oxygen atoms in total. The van der Waals surface area contributed by atoms with Crippen molar-refractivity contribution in [2.45, 2.75) is 25.6 Å². The summed E-state index contributed by atoms with van der Waals surface area (Å²) >= 11 is 5.91. The maximum Gasteiger partial charge on any atom is 0.491 e. The highest BCUT2D eigenvalue weighted by Crippen LogP contribution is 2.32. The predicted octanol–water partition coefficient (Wildman–Crippen LogP) is 5.11. The molecule has 0 N–H and O–H groups in total. The van der Waals surface area contributed by atoms with Gasteiger partial charge in [0.2, 0.25) is 5.91 Å². The zero-order valence-corrected chi connectivity index (χ0v) is 22.6. The van der Waals surface area contributed by atoms with Crippen LogP contribution in [-0.2, 0) is 16.1 Å². The molecule has 2 amide bonds. The Morgan fingerprint density at radius 1 is 1.00 bits per heavy atom. The van der Waals surface area contributed by atoms with Crippen LogP contribution in [0.2, 0.25) is 5.02 Å². The van der Waals surface area contributed by atoms with Crippen LogP contribution in [0.5, 0.6) is 5.75 Å². The summed E-state index contributed by atoms with van der Waals surface area (Å²) in [6.07, 6.45) is -0.0104. The SMILES string of the molecule is O=C(c1ccc(Cl)cc1OC(=O)C(F)(F)F)N1CC(=O)N(CC2CCN(c3ccncc3)CC2)c2ccccc2C1. The molecule has 1 aromatic heterocycles. The van der Waals surface area contributed by atoms with Crippen molar-refractivity contribution in [3.63, 3.8) is 0 Å². The number of hydrogen-bond acceptors (Lipinski definition) is 6. The third-order valence-corrected chi connectivity index (χ3v) is 7.48. The molecule has 1 saturated heterocycles. The second kappa shape index (κ2) is 11.8. The molecule has 5 rings (SSSR count). The van der Waals surface area contributed by atoms with Crippen LogP contribution in [0, 0.1) is 5.92 Å². The van der Waals surface area contributed by atoms with Crippen molar-refractivity contribution in [1.29, 1.82) is 0 Å². The number of pyridine rings is 1. The molecule has 3 heterocycles. The number of alkyl halides is 3. The number of benzene rings is 2. The number of carbonyl (C=O) groups is 3. The van der Waals surface area contributed by atoms with Gasteiger partial charge in [0.1, 0.15) is 12.3 Å². The van der Waals surface area contributed by atoms with Gasteiger partial charge in [0.05, 0.1) is 5.56 Å². The minimum Gasteiger partial charge on any atom is -0.419 e. The fourth-order valence-corrected chi connectivity index (χ4v) is 5.33. The smallest absolute Gasteiger partial charge is 0.419 e. The number of rotatable bonds is 5. The molecule has 0 radical (unpaired) electrons. The van der Waals surface area contributed by atoms with Gasteiger partial charge in [0.15, 0.2) is 0 Å². The molecule has 0 atom stereocenters. The van der Waals surface area contributed by atoms with E-state index < -0.39 is 23.8 Å². The lowest BCUT2D eigenvalue weighted by molar-refractivity contribution is -0.189. The van der Waals surface area contributed by atoms with Crippen LogP contribution < -0.4 is 14.5 Å². The molecule has 0 bridgehead atoms. The highest BCUT2D eigenvalue weighted by Gasteiger charge is 2.42. The Hall–Kier alpha value is -4.12. The van der Waals surface area contributed by atoms with Gasteiger partial charge in [-0.05, 0) is 54.7 Å². The predicted molar refractivity (Wildman–Crippen MR) is 146 cm³/mol. The van der Waals surface area contributed by atoms with Crippen LogP contribution in [0.25, 0.3) is 0 Å². The Morgan fingerprint density at radius 3 is 2.41 bits per heavy atom. The zero-order chi connectivity index (χ0) is 29.1. The van der Waals surface area contributed by atoms with Gasteiger partial charge < -0.3 is 19.4 Å². The number of amides is 2. The summed E-state index contributed by atoms with van der Waals surface area (Å²) < 4.78 is 43.1. The largest absolute Gasteiger partial charge is 0.491 e. The molecule has 3 aromatic rings. The Balaban J connectivity index is 1.34. The van der Waals surface area contributed by atoms with Crippen LogP contribution in [0.4, 0.5) is 24.5 Å². The first kappa shape index (κ1) is 28.4. The van der Waals surface area contributed by atoms with Crippen LogP contribution in [0.15, 0.2) is 67.0 Å². The molecule has 0 unspecified atom stereocenters. The standard InChI is InChI=1S/C29H26ClF3N4O4/c30-21-5-6-23(25(15-21)41-28(40)29(31,32)33)27(39)36-17-20-3-1-2-4-24(20)37(26(38)18-36)16-19-9-13-35(14-10-19)22-7-11-34-12-8-22/h1-8,11-12,15,19H,9-10,13-14,16-18H2. The topological polar surface area (TPSA) is 83.0 Å². The molecule has 0 saturated carbocycles. The highest BCUT2D eigenvalue weighted by atomic mass is 35.5. The number of anilines is 2. The molecular formula is C29H26ClF3N4O4. The fraction of sp³-hybridized carbons (Fsp3) is 0.310. The molecular weight excluding hydrogens is 561 g/mol. The number of ether oxygens (including phenoxy) is 1. The third kappa shape index (κ3) is 6.45. The lowest BCUT2D eigenvalue weighted by atomic mass is 9.95. The summed E-state index contributed by atoms with van der Waals surface area (Å²) in [4.78, 5) is 48.0. The Morgan fingerprint density at radius 2 is 1.71 bits per heavy atom. The third-order valence-electron chi connectivity index (χ3n) is 7.25. The summed E-state index contributed by atoms with van der Waals surface area (Å²) in [6.45, 7) is 1.86. The van der Waals surface area contributed by atoms with Gasteiger partial charge in [0, 0.05) is 61.0 Å². The van der Waals surface area contributed by atoms with Crippen molar-refractivity contribution < 1.29 is 32.3 Å². The van der Waals surface area contributed by atoms with E-state index in [1.165, 1.54) is 17.0 Å². The minimum atomic E-state index is -5.27.